The number of hydrogen-bond acceptors (Lipinski definition) is 7. The minimum atomic E-state index is -4.02. The molecule has 160 valence electrons. The van der Waals surface area contributed by atoms with Crippen molar-refractivity contribution in [3.05, 3.63) is 77.2 Å². The number of para-hydroxylation sites is 1. The van der Waals surface area contributed by atoms with Crippen molar-refractivity contribution in [1.29, 1.82) is 0 Å². The Labute approximate surface area is 182 Å². The number of hydrogen-bond donors (Lipinski definition) is 1. The Kier molecular flexibility index (Phi) is 6.01. The van der Waals surface area contributed by atoms with Crippen molar-refractivity contribution in [1.82, 2.24) is 10.1 Å². The summed E-state index contributed by atoms with van der Waals surface area (Å²) in [5, 5.41) is 5.89. The van der Waals surface area contributed by atoms with Gasteiger partial charge in [-0.2, -0.15) is 4.98 Å². The van der Waals surface area contributed by atoms with E-state index in [4.69, 9.17) is 9.26 Å². The first-order valence-electron chi connectivity index (χ1n) is 9.36. The van der Waals surface area contributed by atoms with Crippen LogP contribution in [0.4, 0.5) is 10.1 Å². The highest BCUT2D eigenvalue weighted by molar-refractivity contribution is 7.92. The Bertz CT molecular complexity index is 1290. The molecule has 0 aliphatic heterocycles. The summed E-state index contributed by atoms with van der Waals surface area (Å²) in [5.41, 5.74) is 0.978. The van der Waals surface area contributed by atoms with Gasteiger partial charge in [-0.15, -0.1) is 11.3 Å². The van der Waals surface area contributed by atoms with Crippen molar-refractivity contribution < 1.29 is 22.1 Å². The number of benzene rings is 2. The first-order chi connectivity index (χ1) is 15.0. The SMILES string of the molecule is CCOc1ccc(S(=O)(=O)Nc2ccccc2Cc2nc(-c3cccs3)no2)cc1F. The molecule has 0 atom stereocenters. The second-order valence-corrected chi connectivity index (χ2v) is 9.08. The highest BCUT2D eigenvalue weighted by Crippen LogP contribution is 2.26. The molecule has 2 aromatic heterocycles. The number of ether oxygens (including phenoxy) is 1. The molecule has 4 rings (SSSR count). The Morgan fingerprint density at radius 1 is 1.16 bits per heavy atom. The molecule has 4 aromatic rings. The molecule has 2 aromatic carbocycles. The van der Waals surface area contributed by atoms with Crippen molar-refractivity contribution in [3.63, 3.8) is 0 Å². The molecule has 0 amide bonds. The molecule has 31 heavy (non-hydrogen) atoms. The van der Waals surface area contributed by atoms with E-state index in [-0.39, 0.29) is 23.7 Å². The number of sulfonamides is 1. The molecule has 10 heteroatoms. The molecule has 0 aliphatic rings. The van der Waals surface area contributed by atoms with Gasteiger partial charge in [-0.05, 0) is 48.2 Å². The summed E-state index contributed by atoms with van der Waals surface area (Å²) in [4.78, 5) is 5.04. The fourth-order valence-electron chi connectivity index (χ4n) is 2.89. The largest absolute Gasteiger partial charge is 0.491 e. The summed E-state index contributed by atoms with van der Waals surface area (Å²) in [6.45, 7) is 1.99. The van der Waals surface area contributed by atoms with Gasteiger partial charge in [-0.25, -0.2) is 12.8 Å². The molecule has 2 heterocycles. The molecule has 0 radical (unpaired) electrons. The molecule has 0 saturated carbocycles. The van der Waals surface area contributed by atoms with Gasteiger partial charge < -0.3 is 9.26 Å². The molecule has 0 unspecified atom stereocenters. The molecule has 0 fully saturated rings. The van der Waals surface area contributed by atoms with Gasteiger partial charge in [0.2, 0.25) is 11.7 Å². The van der Waals surface area contributed by atoms with E-state index >= 15 is 0 Å². The third-order valence-corrected chi connectivity index (χ3v) is 6.56. The number of nitrogens with zero attached hydrogens (tertiary/aromatic N) is 2. The lowest BCUT2D eigenvalue weighted by Crippen LogP contribution is -2.15. The molecule has 0 spiro atoms. The maximum Gasteiger partial charge on any atom is 0.262 e. The van der Waals surface area contributed by atoms with Gasteiger partial charge in [-0.1, -0.05) is 29.4 Å². The van der Waals surface area contributed by atoms with Crippen LogP contribution in [0.3, 0.4) is 0 Å². The van der Waals surface area contributed by atoms with Gasteiger partial charge in [0, 0.05) is 0 Å². The smallest absolute Gasteiger partial charge is 0.262 e. The number of nitrogens with one attached hydrogen (secondary N) is 1. The summed E-state index contributed by atoms with van der Waals surface area (Å²) >= 11 is 1.49. The van der Waals surface area contributed by atoms with Crippen LogP contribution < -0.4 is 9.46 Å². The fraction of sp³-hybridized carbons (Fsp3) is 0.143. The topological polar surface area (TPSA) is 94.3 Å². The van der Waals surface area contributed by atoms with Crippen molar-refractivity contribution >= 4 is 27.0 Å². The average molecular weight is 460 g/mol. The van der Waals surface area contributed by atoms with E-state index in [0.717, 1.165) is 10.9 Å². The van der Waals surface area contributed by atoms with Gasteiger partial charge in [0.05, 0.1) is 28.5 Å². The Morgan fingerprint density at radius 3 is 2.74 bits per heavy atom. The number of rotatable bonds is 8. The number of anilines is 1. The number of halogens is 1. The van der Waals surface area contributed by atoms with Crippen LogP contribution in [0.25, 0.3) is 10.7 Å². The van der Waals surface area contributed by atoms with Crippen molar-refractivity contribution in [3.8, 4) is 16.5 Å². The van der Waals surface area contributed by atoms with Crippen molar-refractivity contribution in [2.75, 3.05) is 11.3 Å². The van der Waals surface area contributed by atoms with E-state index in [2.05, 4.69) is 14.9 Å². The van der Waals surface area contributed by atoms with E-state index in [9.17, 15) is 12.8 Å². The lowest BCUT2D eigenvalue weighted by Gasteiger charge is -2.12. The lowest BCUT2D eigenvalue weighted by atomic mass is 10.1. The first-order valence-corrected chi connectivity index (χ1v) is 11.7. The number of aromatic nitrogens is 2. The standard InChI is InChI=1S/C21H18FN3O4S2/c1-2-28-18-10-9-15(13-16(18)22)31(26,27)25-17-7-4-3-6-14(17)12-20-23-21(24-29-20)19-8-5-11-30-19/h3-11,13,25H,2,12H2,1H3. The average Bonchev–Trinajstić information content (AvgIpc) is 3.43. The van der Waals surface area contributed by atoms with Crippen LogP contribution in [0.15, 0.2) is 69.4 Å². The maximum atomic E-state index is 14.1. The van der Waals surface area contributed by atoms with Crippen LogP contribution in [-0.2, 0) is 16.4 Å². The van der Waals surface area contributed by atoms with Gasteiger partial charge >= 0.3 is 0 Å². The van der Waals surface area contributed by atoms with Crippen molar-refractivity contribution in [2.45, 2.75) is 18.2 Å². The number of thiophene rings is 1. The second-order valence-electron chi connectivity index (χ2n) is 6.45. The molecular formula is C21H18FN3O4S2. The van der Waals surface area contributed by atoms with Crippen LogP contribution in [-0.4, -0.2) is 25.2 Å². The zero-order valence-electron chi connectivity index (χ0n) is 16.4. The van der Waals surface area contributed by atoms with E-state index in [1.165, 1.54) is 23.5 Å². The highest BCUT2D eigenvalue weighted by Gasteiger charge is 2.19. The van der Waals surface area contributed by atoms with E-state index in [0.29, 0.717) is 23.0 Å². The Hall–Kier alpha value is -3.24. The minimum Gasteiger partial charge on any atom is -0.491 e. The van der Waals surface area contributed by atoms with Crippen molar-refractivity contribution in [2.24, 2.45) is 0 Å². The predicted molar refractivity (Wildman–Crippen MR) is 115 cm³/mol. The monoisotopic (exact) mass is 459 g/mol. The lowest BCUT2D eigenvalue weighted by molar-refractivity contribution is 0.321. The van der Waals surface area contributed by atoms with E-state index < -0.39 is 15.8 Å². The summed E-state index contributed by atoms with van der Waals surface area (Å²) in [6, 6.07) is 14.2. The molecule has 0 aliphatic carbocycles. The van der Waals surface area contributed by atoms with Gasteiger partial charge in [0.15, 0.2) is 11.6 Å². The predicted octanol–water partition coefficient (Wildman–Crippen LogP) is 4.73. The zero-order valence-corrected chi connectivity index (χ0v) is 18.0. The van der Waals surface area contributed by atoms with Gasteiger partial charge in [0.1, 0.15) is 0 Å². The Balaban J connectivity index is 1.56. The van der Waals surface area contributed by atoms with Crippen LogP contribution in [0.5, 0.6) is 5.75 Å². The third kappa shape index (κ3) is 4.75. The zero-order chi connectivity index (χ0) is 21.8. The normalized spacial score (nSPS) is 11.4. The fourth-order valence-corrected chi connectivity index (χ4v) is 4.66. The summed E-state index contributed by atoms with van der Waals surface area (Å²) in [7, 11) is -4.02. The van der Waals surface area contributed by atoms with Crippen LogP contribution in [0.2, 0.25) is 0 Å². The van der Waals surface area contributed by atoms with E-state index in [1.807, 2.05) is 17.5 Å². The van der Waals surface area contributed by atoms with E-state index in [1.54, 1.807) is 31.2 Å². The maximum absolute atomic E-state index is 14.1. The molecule has 0 bridgehead atoms. The first kappa shape index (κ1) is 21.0. The van der Waals surface area contributed by atoms with Crippen LogP contribution in [0.1, 0.15) is 18.4 Å². The molecular weight excluding hydrogens is 441 g/mol. The van der Waals surface area contributed by atoms with Crippen LogP contribution >= 0.6 is 11.3 Å². The summed E-state index contributed by atoms with van der Waals surface area (Å²) in [6.07, 6.45) is 0.231. The molecule has 0 saturated heterocycles. The molecule has 7 nitrogen and oxygen atoms in total. The third-order valence-electron chi connectivity index (χ3n) is 4.33. The highest BCUT2D eigenvalue weighted by atomic mass is 32.2. The summed E-state index contributed by atoms with van der Waals surface area (Å²) in [5.74, 6) is 0.0832. The second kappa shape index (κ2) is 8.86. The Morgan fingerprint density at radius 2 is 2.00 bits per heavy atom. The minimum absolute atomic E-state index is 0.000196. The van der Waals surface area contributed by atoms with Gasteiger partial charge in [0.25, 0.3) is 10.0 Å². The van der Waals surface area contributed by atoms with Gasteiger partial charge in [-0.3, -0.25) is 4.72 Å². The molecule has 1 N–H and O–H groups in total. The van der Waals surface area contributed by atoms with Crippen LogP contribution in [0, 0.1) is 5.82 Å². The quantitative estimate of drug-likeness (QED) is 0.409. The summed E-state index contributed by atoms with van der Waals surface area (Å²) < 4.78 is 52.7.